The van der Waals surface area contributed by atoms with E-state index in [2.05, 4.69) is 10.1 Å². The molecule has 0 aliphatic rings. The first kappa shape index (κ1) is 20.1. The van der Waals surface area contributed by atoms with E-state index >= 15 is 0 Å². The Hall–Kier alpha value is -3.69. The Balaban J connectivity index is 2.10. The van der Waals surface area contributed by atoms with E-state index < -0.39 is 35.5 Å². The summed E-state index contributed by atoms with van der Waals surface area (Å²) in [6.07, 6.45) is -5.77. The largest absolute Gasteiger partial charge is 0.447 e. The van der Waals surface area contributed by atoms with Crippen molar-refractivity contribution in [1.82, 2.24) is 14.8 Å². The average Bonchev–Trinajstić information content (AvgIpc) is 3.13. The minimum Gasteiger partial charge on any atom is -0.447 e. The lowest BCUT2D eigenvalue weighted by Crippen LogP contribution is -2.30. The number of rotatable bonds is 5. The first-order valence-electron chi connectivity index (χ1n) is 8.37. The number of benzene rings is 2. The highest BCUT2D eigenvalue weighted by atomic mass is 19.4. The molecule has 0 fully saturated rings. The van der Waals surface area contributed by atoms with Crippen molar-refractivity contribution < 1.29 is 27.5 Å². The zero-order valence-electron chi connectivity index (χ0n) is 15.1. The van der Waals surface area contributed by atoms with Crippen molar-refractivity contribution in [3.8, 4) is 17.1 Å². The molecule has 0 unspecified atom stereocenters. The third-order valence-corrected chi connectivity index (χ3v) is 3.92. The molecular formula is C19H15F3N4O3. The van der Waals surface area contributed by atoms with Crippen LogP contribution in [0.15, 0.2) is 54.6 Å². The Morgan fingerprint density at radius 2 is 1.79 bits per heavy atom. The summed E-state index contributed by atoms with van der Waals surface area (Å²) in [5.74, 6) is -2.18. The van der Waals surface area contributed by atoms with Crippen LogP contribution in [0.5, 0.6) is 0 Å². The second-order valence-corrected chi connectivity index (χ2v) is 6.03. The number of nitrogens with zero attached hydrogens (tertiary/aromatic N) is 3. The van der Waals surface area contributed by atoms with Gasteiger partial charge in [0.1, 0.15) is 0 Å². The quantitative estimate of drug-likeness (QED) is 0.659. The zero-order chi connectivity index (χ0) is 21.2. The summed E-state index contributed by atoms with van der Waals surface area (Å²) < 4.78 is 45.3. The van der Waals surface area contributed by atoms with Gasteiger partial charge in [-0.3, -0.25) is 4.79 Å². The average molecular weight is 404 g/mol. The zero-order valence-corrected chi connectivity index (χ0v) is 15.1. The van der Waals surface area contributed by atoms with Gasteiger partial charge in [0, 0.05) is 5.56 Å². The molecule has 0 radical (unpaired) electrons. The predicted molar refractivity (Wildman–Crippen MR) is 95.9 cm³/mol. The molecule has 29 heavy (non-hydrogen) atoms. The Labute approximate surface area is 162 Å². The molecule has 1 amide bonds. The lowest BCUT2D eigenvalue weighted by Gasteiger charge is -2.10. The first-order chi connectivity index (χ1) is 13.7. The minimum absolute atomic E-state index is 0.0492. The lowest BCUT2D eigenvalue weighted by molar-refractivity contribution is -0.137. The van der Waals surface area contributed by atoms with Crippen molar-refractivity contribution in [2.75, 3.05) is 0 Å². The van der Waals surface area contributed by atoms with Crippen LogP contribution in [-0.2, 0) is 15.7 Å². The van der Waals surface area contributed by atoms with Crippen LogP contribution in [0.4, 0.5) is 13.2 Å². The van der Waals surface area contributed by atoms with Crippen molar-refractivity contribution >= 4 is 11.9 Å². The smallest absolute Gasteiger partial charge is 0.416 e. The van der Waals surface area contributed by atoms with Crippen LogP contribution in [0.3, 0.4) is 0 Å². The van der Waals surface area contributed by atoms with Gasteiger partial charge in [0.2, 0.25) is 0 Å². The number of alkyl halides is 3. The maximum absolute atomic E-state index is 13.1. The number of primary amides is 1. The summed E-state index contributed by atoms with van der Waals surface area (Å²) >= 11 is 0. The van der Waals surface area contributed by atoms with Gasteiger partial charge in [-0.15, -0.1) is 5.10 Å². The third kappa shape index (κ3) is 4.42. The van der Waals surface area contributed by atoms with E-state index in [9.17, 15) is 22.8 Å². The molecular weight excluding hydrogens is 389 g/mol. The Kier molecular flexibility index (Phi) is 5.35. The molecule has 7 nitrogen and oxygen atoms in total. The molecule has 1 atom stereocenters. The fraction of sp³-hybridized carbons (Fsp3) is 0.158. The van der Waals surface area contributed by atoms with Gasteiger partial charge < -0.3 is 10.5 Å². The van der Waals surface area contributed by atoms with Gasteiger partial charge in [0.15, 0.2) is 11.9 Å². The monoisotopic (exact) mass is 404 g/mol. The van der Waals surface area contributed by atoms with Gasteiger partial charge in [-0.1, -0.05) is 36.4 Å². The minimum atomic E-state index is -4.55. The number of amides is 1. The van der Waals surface area contributed by atoms with Crippen LogP contribution in [0.2, 0.25) is 0 Å². The predicted octanol–water partition coefficient (Wildman–Crippen LogP) is 2.98. The van der Waals surface area contributed by atoms with Gasteiger partial charge >= 0.3 is 12.1 Å². The van der Waals surface area contributed by atoms with Crippen LogP contribution in [0.1, 0.15) is 23.1 Å². The van der Waals surface area contributed by atoms with E-state index in [4.69, 9.17) is 10.5 Å². The van der Waals surface area contributed by atoms with E-state index in [0.29, 0.717) is 5.56 Å². The Morgan fingerprint density at radius 1 is 1.10 bits per heavy atom. The van der Waals surface area contributed by atoms with E-state index in [0.717, 1.165) is 16.8 Å². The second-order valence-electron chi connectivity index (χ2n) is 6.03. The molecule has 3 rings (SSSR count). The number of nitrogens with two attached hydrogens (primary N) is 1. The second kappa shape index (κ2) is 7.74. The van der Waals surface area contributed by atoms with Crippen LogP contribution in [-0.4, -0.2) is 32.7 Å². The summed E-state index contributed by atoms with van der Waals surface area (Å²) in [7, 11) is 0. The van der Waals surface area contributed by atoms with Gasteiger partial charge in [-0.25, -0.2) is 14.5 Å². The van der Waals surface area contributed by atoms with Crippen LogP contribution in [0, 0.1) is 0 Å². The molecule has 1 heterocycles. The van der Waals surface area contributed by atoms with Gasteiger partial charge in [-0.05, 0) is 25.1 Å². The summed E-state index contributed by atoms with van der Waals surface area (Å²) in [6.45, 7) is 1.28. The molecule has 2 aromatic carbocycles. The molecule has 2 N–H and O–H groups in total. The van der Waals surface area contributed by atoms with E-state index in [1.165, 1.54) is 19.1 Å². The number of halogens is 3. The molecule has 0 saturated heterocycles. The topological polar surface area (TPSA) is 100 Å². The van der Waals surface area contributed by atoms with Crippen molar-refractivity contribution in [3.63, 3.8) is 0 Å². The van der Waals surface area contributed by atoms with Crippen LogP contribution >= 0.6 is 0 Å². The van der Waals surface area contributed by atoms with Crippen LogP contribution < -0.4 is 5.73 Å². The summed E-state index contributed by atoms with van der Waals surface area (Å²) in [5, 5.41) is 4.00. The number of carbonyl (C=O) groups is 2. The van der Waals surface area contributed by atoms with Crippen molar-refractivity contribution in [2.45, 2.75) is 19.2 Å². The number of ether oxygens (including phenoxy) is 1. The maximum atomic E-state index is 13.1. The maximum Gasteiger partial charge on any atom is 0.416 e. The van der Waals surface area contributed by atoms with Crippen molar-refractivity contribution in [1.29, 1.82) is 0 Å². The van der Waals surface area contributed by atoms with Gasteiger partial charge in [0.25, 0.3) is 11.7 Å². The Morgan fingerprint density at radius 3 is 2.41 bits per heavy atom. The molecule has 1 aromatic heterocycles. The van der Waals surface area contributed by atoms with E-state index in [1.807, 2.05) is 0 Å². The molecule has 0 saturated carbocycles. The highest BCUT2D eigenvalue weighted by Crippen LogP contribution is 2.31. The molecule has 0 aliphatic heterocycles. The molecule has 0 spiro atoms. The highest BCUT2D eigenvalue weighted by Gasteiger charge is 2.31. The third-order valence-electron chi connectivity index (χ3n) is 3.92. The normalized spacial score (nSPS) is 12.4. The summed E-state index contributed by atoms with van der Waals surface area (Å²) in [6, 6.07) is 12.9. The Bertz CT molecular complexity index is 1050. The first-order valence-corrected chi connectivity index (χ1v) is 8.37. The number of aromatic nitrogens is 3. The van der Waals surface area contributed by atoms with E-state index in [1.54, 1.807) is 30.3 Å². The molecule has 10 heteroatoms. The van der Waals surface area contributed by atoms with Gasteiger partial charge in [0.05, 0.1) is 11.3 Å². The number of carbonyl (C=O) groups excluding carboxylic acids is 2. The molecule has 3 aromatic rings. The number of hydrogen-bond acceptors (Lipinski definition) is 5. The van der Waals surface area contributed by atoms with Crippen molar-refractivity contribution in [3.05, 3.63) is 66.0 Å². The van der Waals surface area contributed by atoms with E-state index in [-0.39, 0.29) is 11.5 Å². The SMILES string of the molecule is C[C@@H](OC(=O)c1nc(-c2ccccc2)n(-c2cccc(C(F)(F)F)c2)n1)C(N)=O. The molecule has 0 aliphatic carbocycles. The summed E-state index contributed by atoms with van der Waals surface area (Å²) in [5.41, 5.74) is 4.75. The van der Waals surface area contributed by atoms with Gasteiger partial charge in [-0.2, -0.15) is 13.2 Å². The fourth-order valence-electron chi connectivity index (χ4n) is 2.44. The molecule has 0 bridgehead atoms. The van der Waals surface area contributed by atoms with Crippen molar-refractivity contribution in [2.24, 2.45) is 5.73 Å². The number of esters is 1. The summed E-state index contributed by atoms with van der Waals surface area (Å²) in [4.78, 5) is 27.5. The fourth-order valence-corrected chi connectivity index (χ4v) is 2.44. The standard InChI is InChI=1S/C19H15F3N4O3/c1-11(15(23)27)29-18(28)16-24-17(12-6-3-2-4-7-12)26(25-16)14-9-5-8-13(10-14)19(20,21)22/h2-11H,1H3,(H2,23,27)/t11-/m1/s1. The lowest BCUT2D eigenvalue weighted by atomic mass is 10.2. The number of hydrogen-bond donors (Lipinski definition) is 1. The van der Waals surface area contributed by atoms with Crippen LogP contribution in [0.25, 0.3) is 17.1 Å². The molecule has 150 valence electrons. The highest BCUT2D eigenvalue weighted by molar-refractivity contribution is 5.89.